The van der Waals surface area contributed by atoms with Gasteiger partial charge in [-0.1, -0.05) is 0 Å². The second-order valence-electron chi connectivity index (χ2n) is 5.20. The van der Waals surface area contributed by atoms with Crippen LogP contribution in [0.15, 0.2) is 16.6 Å². The lowest BCUT2D eigenvalue weighted by Gasteiger charge is -2.35. The molecule has 112 valence electrons. The standard InChI is InChI=1S/C13H20BrN3O2S/c1-11-12(14)3-4-13(15-11)17-7-5-16(6-8-17)9-10-20(2,18)19/h3-4H,5-10H2,1-2H3. The summed E-state index contributed by atoms with van der Waals surface area (Å²) in [5, 5.41) is 0. The first kappa shape index (κ1) is 15.7. The molecule has 0 unspecified atom stereocenters. The lowest BCUT2D eigenvalue weighted by atomic mass is 10.3. The fraction of sp³-hybridized carbons (Fsp3) is 0.615. The van der Waals surface area contributed by atoms with E-state index in [2.05, 4.69) is 30.7 Å². The summed E-state index contributed by atoms with van der Waals surface area (Å²) in [6.45, 7) is 6.14. The Kier molecular flexibility index (Phi) is 5.04. The Labute approximate surface area is 129 Å². The molecule has 0 aliphatic carbocycles. The lowest BCUT2D eigenvalue weighted by molar-refractivity contribution is 0.271. The molecular weight excluding hydrogens is 342 g/mol. The molecule has 1 saturated heterocycles. The molecule has 0 saturated carbocycles. The summed E-state index contributed by atoms with van der Waals surface area (Å²) < 4.78 is 23.4. The number of hydrogen-bond acceptors (Lipinski definition) is 5. The summed E-state index contributed by atoms with van der Waals surface area (Å²) in [5.74, 6) is 1.23. The molecule has 20 heavy (non-hydrogen) atoms. The quantitative estimate of drug-likeness (QED) is 0.809. The van der Waals surface area contributed by atoms with Crippen LogP contribution in [0.1, 0.15) is 5.69 Å². The summed E-state index contributed by atoms with van der Waals surface area (Å²) in [6, 6.07) is 4.04. The van der Waals surface area contributed by atoms with Crippen LogP contribution in [0.2, 0.25) is 0 Å². The van der Waals surface area contributed by atoms with Crippen molar-refractivity contribution in [1.29, 1.82) is 0 Å². The van der Waals surface area contributed by atoms with E-state index in [1.165, 1.54) is 6.26 Å². The monoisotopic (exact) mass is 361 g/mol. The van der Waals surface area contributed by atoms with E-state index in [0.29, 0.717) is 6.54 Å². The topological polar surface area (TPSA) is 53.5 Å². The predicted molar refractivity (Wildman–Crippen MR) is 85.0 cm³/mol. The predicted octanol–water partition coefficient (Wildman–Crippen LogP) is 1.32. The van der Waals surface area contributed by atoms with Crippen LogP contribution in [0.25, 0.3) is 0 Å². The Morgan fingerprint density at radius 3 is 2.45 bits per heavy atom. The molecule has 2 heterocycles. The van der Waals surface area contributed by atoms with Crippen molar-refractivity contribution >= 4 is 31.6 Å². The highest BCUT2D eigenvalue weighted by molar-refractivity contribution is 9.10. The Bertz CT molecular complexity index is 569. The van der Waals surface area contributed by atoms with Gasteiger partial charge in [0.25, 0.3) is 0 Å². The number of sulfone groups is 1. The Hall–Kier alpha value is -0.660. The molecule has 0 amide bonds. The number of rotatable bonds is 4. The highest BCUT2D eigenvalue weighted by Crippen LogP contribution is 2.20. The number of nitrogens with zero attached hydrogens (tertiary/aromatic N) is 3. The maximum absolute atomic E-state index is 11.2. The molecule has 1 aliphatic rings. The fourth-order valence-electron chi connectivity index (χ4n) is 2.20. The van der Waals surface area contributed by atoms with Gasteiger partial charge in [0.05, 0.1) is 11.4 Å². The van der Waals surface area contributed by atoms with Crippen LogP contribution in [0.3, 0.4) is 0 Å². The molecule has 0 spiro atoms. The van der Waals surface area contributed by atoms with Crippen molar-refractivity contribution in [3.05, 3.63) is 22.3 Å². The molecule has 0 aromatic carbocycles. The third-order valence-electron chi connectivity index (χ3n) is 3.48. The number of pyridine rings is 1. The molecule has 1 aliphatic heterocycles. The highest BCUT2D eigenvalue weighted by Gasteiger charge is 2.19. The summed E-state index contributed by atoms with van der Waals surface area (Å²) >= 11 is 3.46. The van der Waals surface area contributed by atoms with E-state index in [9.17, 15) is 8.42 Å². The van der Waals surface area contributed by atoms with E-state index >= 15 is 0 Å². The molecule has 1 aromatic rings. The lowest BCUT2D eigenvalue weighted by Crippen LogP contribution is -2.47. The van der Waals surface area contributed by atoms with Gasteiger partial charge in [0.15, 0.2) is 0 Å². The highest BCUT2D eigenvalue weighted by atomic mass is 79.9. The van der Waals surface area contributed by atoms with E-state index in [1.54, 1.807) is 0 Å². The number of aryl methyl sites for hydroxylation is 1. The maximum Gasteiger partial charge on any atom is 0.148 e. The van der Waals surface area contributed by atoms with Crippen molar-refractivity contribution in [2.45, 2.75) is 6.92 Å². The minimum Gasteiger partial charge on any atom is -0.354 e. The van der Waals surface area contributed by atoms with Crippen molar-refractivity contribution in [3.8, 4) is 0 Å². The average molecular weight is 362 g/mol. The van der Waals surface area contributed by atoms with Gasteiger partial charge in [-0.25, -0.2) is 13.4 Å². The van der Waals surface area contributed by atoms with Crippen LogP contribution in [0, 0.1) is 6.92 Å². The van der Waals surface area contributed by atoms with E-state index < -0.39 is 9.84 Å². The van der Waals surface area contributed by atoms with Crippen molar-refractivity contribution in [2.75, 3.05) is 49.6 Å². The molecule has 0 radical (unpaired) electrons. The third-order valence-corrected chi connectivity index (χ3v) is 5.24. The number of hydrogen-bond donors (Lipinski definition) is 0. The fourth-order valence-corrected chi connectivity index (χ4v) is 3.01. The summed E-state index contributed by atoms with van der Waals surface area (Å²) in [4.78, 5) is 9.02. The first-order valence-corrected chi connectivity index (χ1v) is 9.49. The van der Waals surface area contributed by atoms with Gasteiger partial charge in [0.1, 0.15) is 15.7 Å². The van der Waals surface area contributed by atoms with Gasteiger partial charge in [-0.15, -0.1) is 0 Å². The molecule has 5 nitrogen and oxygen atoms in total. The van der Waals surface area contributed by atoms with E-state index in [0.717, 1.165) is 42.2 Å². The number of halogens is 1. The zero-order valence-corrected chi connectivity index (χ0v) is 14.2. The Morgan fingerprint density at radius 2 is 1.90 bits per heavy atom. The van der Waals surface area contributed by atoms with Gasteiger partial charge in [-0.05, 0) is 35.0 Å². The van der Waals surface area contributed by atoms with Gasteiger partial charge < -0.3 is 4.90 Å². The second kappa shape index (κ2) is 6.41. The normalized spacial score (nSPS) is 17.4. The molecule has 1 aromatic heterocycles. The van der Waals surface area contributed by atoms with Crippen LogP contribution < -0.4 is 4.90 Å². The van der Waals surface area contributed by atoms with Gasteiger partial charge in [-0.3, -0.25) is 4.90 Å². The summed E-state index contributed by atoms with van der Waals surface area (Å²) in [5.41, 5.74) is 0.988. The maximum atomic E-state index is 11.2. The van der Waals surface area contributed by atoms with Gasteiger partial charge in [0, 0.05) is 43.5 Å². The molecule has 0 atom stereocenters. The summed E-state index contributed by atoms with van der Waals surface area (Å²) in [6.07, 6.45) is 1.29. The molecular formula is C13H20BrN3O2S. The molecule has 2 rings (SSSR count). The van der Waals surface area contributed by atoms with Crippen LogP contribution >= 0.6 is 15.9 Å². The minimum absolute atomic E-state index is 0.239. The number of anilines is 1. The van der Waals surface area contributed by atoms with Crippen LogP contribution in [-0.4, -0.2) is 63.0 Å². The van der Waals surface area contributed by atoms with Gasteiger partial charge >= 0.3 is 0 Å². The number of piperazine rings is 1. The van der Waals surface area contributed by atoms with Crippen LogP contribution in [0.5, 0.6) is 0 Å². The van der Waals surface area contributed by atoms with Crippen molar-refractivity contribution in [2.24, 2.45) is 0 Å². The second-order valence-corrected chi connectivity index (χ2v) is 8.31. The minimum atomic E-state index is -2.87. The average Bonchev–Trinajstić information content (AvgIpc) is 2.39. The Morgan fingerprint density at radius 1 is 1.25 bits per heavy atom. The van der Waals surface area contributed by atoms with Crippen LogP contribution in [0.4, 0.5) is 5.82 Å². The first-order valence-electron chi connectivity index (χ1n) is 6.63. The summed E-state index contributed by atoms with van der Waals surface area (Å²) in [7, 11) is -2.87. The van der Waals surface area contributed by atoms with Gasteiger partial charge in [-0.2, -0.15) is 0 Å². The van der Waals surface area contributed by atoms with E-state index in [1.807, 2.05) is 19.1 Å². The molecule has 0 N–H and O–H groups in total. The third kappa shape index (κ3) is 4.43. The molecule has 0 bridgehead atoms. The van der Waals surface area contributed by atoms with E-state index in [4.69, 9.17) is 0 Å². The zero-order chi connectivity index (χ0) is 14.8. The van der Waals surface area contributed by atoms with Gasteiger partial charge in [0.2, 0.25) is 0 Å². The van der Waals surface area contributed by atoms with Crippen LogP contribution in [-0.2, 0) is 9.84 Å². The van der Waals surface area contributed by atoms with E-state index in [-0.39, 0.29) is 5.75 Å². The smallest absolute Gasteiger partial charge is 0.148 e. The SMILES string of the molecule is Cc1nc(N2CCN(CCS(C)(=O)=O)CC2)ccc1Br. The molecule has 7 heteroatoms. The number of aromatic nitrogens is 1. The zero-order valence-electron chi connectivity index (χ0n) is 11.8. The Balaban J connectivity index is 1.89. The van der Waals surface area contributed by atoms with Crippen molar-refractivity contribution < 1.29 is 8.42 Å². The van der Waals surface area contributed by atoms with Crippen molar-refractivity contribution in [1.82, 2.24) is 9.88 Å². The largest absolute Gasteiger partial charge is 0.354 e. The van der Waals surface area contributed by atoms with Crippen molar-refractivity contribution in [3.63, 3.8) is 0 Å². The molecule has 1 fully saturated rings. The first-order chi connectivity index (χ1) is 9.35.